The Morgan fingerprint density at radius 2 is 1.88 bits per heavy atom. The summed E-state index contributed by atoms with van der Waals surface area (Å²) in [5.41, 5.74) is 0. The van der Waals surface area contributed by atoms with Crippen molar-refractivity contribution in [1.29, 1.82) is 0 Å². The van der Waals surface area contributed by atoms with Crippen LogP contribution < -0.4 is 0 Å². The molecule has 0 unspecified atom stereocenters. The average Bonchev–Trinajstić information content (AvgIpc) is 2.79. The van der Waals surface area contributed by atoms with Crippen LogP contribution in [-0.4, -0.2) is 38.3 Å². The molecular formula is C12H26O3Si. The van der Waals surface area contributed by atoms with Gasteiger partial charge in [-0.2, -0.15) is 0 Å². The molecule has 3 nitrogen and oxygen atoms in total. The van der Waals surface area contributed by atoms with Gasteiger partial charge in [0.25, 0.3) is 0 Å². The summed E-state index contributed by atoms with van der Waals surface area (Å²) >= 11 is 0. The van der Waals surface area contributed by atoms with E-state index in [4.69, 9.17) is 14.3 Å². The number of hydrogen-bond acceptors (Lipinski definition) is 3. The molecule has 0 aromatic carbocycles. The lowest BCUT2D eigenvalue weighted by molar-refractivity contribution is 0.175. The lowest BCUT2D eigenvalue weighted by Gasteiger charge is -2.38. The van der Waals surface area contributed by atoms with Crippen LogP contribution in [0.3, 0.4) is 0 Å². The van der Waals surface area contributed by atoms with Crippen molar-refractivity contribution < 1.29 is 14.3 Å². The van der Waals surface area contributed by atoms with Crippen LogP contribution in [0.5, 0.6) is 0 Å². The number of hydrogen-bond donors (Lipinski definition) is 1. The molecule has 1 saturated heterocycles. The minimum atomic E-state index is -1.66. The molecule has 0 bridgehead atoms. The van der Waals surface area contributed by atoms with Gasteiger partial charge in [-0.25, -0.2) is 0 Å². The van der Waals surface area contributed by atoms with Crippen molar-refractivity contribution in [3.05, 3.63) is 0 Å². The number of rotatable bonds is 5. The van der Waals surface area contributed by atoms with E-state index in [0.717, 1.165) is 6.42 Å². The normalized spacial score (nSPS) is 27.9. The van der Waals surface area contributed by atoms with Crippen molar-refractivity contribution in [2.24, 2.45) is 0 Å². The standard InChI is InChI=1S/C12H26O3Si/c1-9(7-10-11(8-13)14-10)15-16(5,6)12(2,3)4/h9-11,13H,7-8H2,1-6H3/t9-,10+,11+/m1/s1. The molecule has 0 aromatic rings. The fourth-order valence-corrected chi connectivity index (χ4v) is 3.06. The Morgan fingerprint density at radius 1 is 1.31 bits per heavy atom. The molecule has 0 aromatic heterocycles. The molecule has 0 saturated carbocycles. The third-order valence-corrected chi connectivity index (χ3v) is 8.34. The molecule has 1 aliphatic heterocycles. The molecule has 96 valence electrons. The van der Waals surface area contributed by atoms with Crippen LogP contribution in [0.1, 0.15) is 34.1 Å². The molecule has 0 radical (unpaired) electrons. The van der Waals surface area contributed by atoms with Gasteiger partial charge in [-0.05, 0) is 25.1 Å². The molecule has 0 aliphatic carbocycles. The first kappa shape index (κ1) is 14.2. The van der Waals surface area contributed by atoms with Crippen LogP contribution in [0.4, 0.5) is 0 Å². The van der Waals surface area contributed by atoms with Gasteiger partial charge >= 0.3 is 0 Å². The Bertz CT molecular complexity index is 235. The third-order valence-electron chi connectivity index (χ3n) is 3.73. The monoisotopic (exact) mass is 246 g/mol. The zero-order valence-corrected chi connectivity index (χ0v) is 12.4. The van der Waals surface area contributed by atoms with E-state index in [1.807, 2.05) is 0 Å². The fraction of sp³-hybridized carbons (Fsp3) is 1.00. The van der Waals surface area contributed by atoms with Crippen LogP contribution in [0.2, 0.25) is 18.1 Å². The van der Waals surface area contributed by atoms with Crippen molar-refractivity contribution >= 4 is 8.32 Å². The molecular weight excluding hydrogens is 220 g/mol. The smallest absolute Gasteiger partial charge is 0.192 e. The molecule has 0 spiro atoms. The predicted octanol–water partition coefficient (Wildman–Crippen LogP) is 2.55. The summed E-state index contributed by atoms with van der Waals surface area (Å²) in [5, 5.41) is 9.15. The second-order valence-electron chi connectivity index (χ2n) is 6.32. The minimum Gasteiger partial charge on any atom is -0.414 e. The van der Waals surface area contributed by atoms with E-state index in [2.05, 4.69) is 40.8 Å². The van der Waals surface area contributed by atoms with Gasteiger partial charge in [0, 0.05) is 12.5 Å². The number of aliphatic hydroxyl groups is 1. The zero-order valence-electron chi connectivity index (χ0n) is 11.4. The van der Waals surface area contributed by atoms with E-state index in [1.165, 1.54) is 0 Å². The van der Waals surface area contributed by atoms with Crippen molar-refractivity contribution in [1.82, 2.24) is 0 Å². The summed E-state index contributed by atoms with van der Waals surface area (Å²) in [6, 6.07) is 0. The summed E-state index contributed by atoms with van der Waals surface area (Å²) in [7, 11) is -1.66. The predicted molar refractivity (Wildman–Crippen MR) is 68.1 cm³/mol. The van der Waals surface area contributed by atoms with Gasteiger partial charge in [0.05, 0.1) is 12.7 Å². The first-order valence-corrected chi connectivity index (χ1v) is 9.02. The maximum absolute atomic E-state index is 8.89. The topological polar surface area (TPSA) is 42.0 Å². The fourth-order valence-electron chi connectivity index (χ4n) is 1.60. The second kappa shape index (κ2) is 4.76. The Morgan fingerprint density at radius 3 is 2.25 bits per heavy atom. The summed E-state index contributed by atoms with van der Waals surface area (Å²) < 4.78 is 11.5. The molecule has 16 heavy (non-hydrogen) atoms. The molecule has 4 heteroatoms. The molecule has 1 rings (SSSR count). The van der Waals surface area contributed by atoms with Gasteiger partial charge in [0.1, 0.15) is 6.10 Å². The van der Waals surface area contributed by atoms with Gasteiger partial charge in [0.15, 0.2) is 8.32 Å². The molecule has 1 fully saturated rings. The van der Waals surface area contributed by atoms with Crippen LogP contribution >= 0.6 is 0 Å². The lowest BCUT2D eigenvalue weighted by atomic mass is 10.2. The van der Waals surface area contributed by atoms with E-state index in [1.54, 1.807) is 0 Å². The first-order valence-electron chi connectivity index (χ1n) is 6.11. The van der Waals surface area contributed by atoms with Gasteiger partial charge in [-0.3, -0.25) is 0 Å². The third kappa shape index (κ3) is 3.55. The number of aliphatic hydroxyl groups excluding tert-OH is 1. The van der Waals surface area contributed by atoms with Crippen LogP contribution in [-0.2, 0) is 9.16 Å². The molecule has 1 heterocycles. The zero-order chi connectivity index (χ0) is 12.6. The Labute approximate surface area is 100 Å². The number of epoxide rings is 1. The van der Waals surface area contributed by atoms with Crippen molar-refractivity contribution in [2.45, 2.75) is 70.6 Å². The van der Waals surface area contributed by atoms with E-state index < -0.39 is 8.32 Å². The molecule has 0 amide bonds. The Kier molecular flexibility index (Phi) is 4.22. The van der Waals surface area contributed by atoms with E-state index in [9.17, 15) is 0 Å². The highest BCUT2D eigenvalue weighted by molar-refractivity contribution is 6.74. The van der Waals surface area contributed by atoms with Crippen LogP contribution in [0.25, 0.3) is 0 Å². The second-order valence-corrected chi connectivity index (χ2v) is 11.1. The van der Waals surface area contributed by atoms with Gasteiger partial charge in [0.2, 0.25) is 0 Å². The molecule has 1 N–H and O–H groups in total. The summed E-state index contributed by atoms with van der Waals surface area (Å²) in [4.78, 5) is 0. The molecule has 1 aliphatic rings. The SMILES string of the molecule is C[C@H](C[C@@H]1O[C@H]1CO)O[Si](C)(C)C(C)(C)C. The van der Waals surface area contributed by atoms with E-state index >= 15 is 0 Å². The van der Waals surface area contributed by atoms with E-state index in [0.29, 0.717) is 0 Å². The highest BCUT2D eigenvalue weighted by Gasteiger charge is 2.42. The number of ether oxygens (including phenoxy) is 1. The molecule has 3 atom stereocenters. The first-order chi connectivity index (χ1) is 7.17. The van der Waals surface area contributed by atoms with Crippen LogP contribution in [0.15, 0.2) is 0 Å². The van der Waals surface area contributed by atoms with Crippen molar-refractivity contribution in [3.8, 4) is 0 Å². The summed E-state index contributed by atoms with van der Waals surface area (Å²) in [6.07, 6.45) is 1.40. The quantitative estimate of drug-likeness (QED) is 0.599. The lowest BCUT2D eigenvalue weighted by Crippen LogP contribution is -2.43. The Hall–Kier alpha value is 0.0969. The van der Waals surface area contributed by atoms with Gasteiger partial charge < -0.3 is 14.3 Å². The average molecular weight is 246 g/mol. The highest BCUT2D eigenvalue weighted by Crippen LogP contribution is 2.38. The van der Waals surface area contributed by atoms with Crippen molar-refractivity contribution in [2.75, 3.05) is 6.61 Å². The van der Waals surface area contributed by atoms with E-state index in [-0.39, 0.29) is 30.0 Å². The summed E-state index contributed by atoms with van der Waals surface area (Å²) in [5.74, 6) is 0. The minimum absolute atomic E-state index is 0.0606. The maximum atomic E-state index is 8.89. The van der Waals surface area contributed by atoms with Crippen LogP contribution in [0, 0.1) is 0 Å². The highest BCUT2D eigenvalue weighted by atomic mass is 28.4. The van der Waals surface area contributed by atoms with Gasteiger partial charge in [-0.1, -0.05) is 20.8 Å². The largest absolute Gasteiger partial charge is 0.414 e. The van der Waals surface area contributed by atoms with Gasteiger partial charge in [-0.15, -0.1) is 0 Å². The summed E-state index contributed by atoms with van der Waals surface area (Å²) in [6.45, 7) is 13.5. The Balaban J connectivity index is 2.37. The van der Waals surface area contributed by atoms with Crippen molar-refractivity contribution in [3.63, 3.8) is 0 Å². The maximum Gasteiger partial charge on any atom is 0.192 e.